The van der Waals surface area contributed by atoms with Gasteiger partial charge in [0.1, 0.15) is 0 Å². The highest BCUT2D eigenvalue weighted by molar-refractivity contribution is 6.02. The van der Waals surface area contributed by atoms with Gasteiger partial charge in [0, 0.05) is 37.1 Å². The van der Waals surface area contributed by atoms with Gasteiger partial charge >= 0.3 is 6.03 Å². The first-order valence-corrected chi connectivity index (χ1v) is 10.5. The van der Waals surface area contributed by atoms with Gasteiger partial charge in [-0.1, -0.05) is 6.07 Å². The lowest BCUT2D eigenvalue weighted by atomic mass is 10.2. The number of nitrogens with zero attached hydrogens (tertiary/aromatic N) is 3. The molecule has 32 heavy (non-hydrogen) atoms. The van der Waals surface area contributed by atoms with E-state index in [1.807, 2.05) is 4.90 Å². The van der Waals surface area contributed by atoms with Crippen molar-refractivity contribution in [2.24, 2.45) is 0 Å². The zero-order valence-electron chi connectivity index (χ0n) is 17.8. The van der Waals surface area contributed by atoms with E-state index in [2.05, 4.69) is 15.6 Å². The largest absolute Gasteiger partial charge is 0.383 e. The van der Waals surface area contributed by atoms with Crippen molar-refractivity contribution < 1.29 is 14.3 Å². The summed E-state index contributed by atoms with van der Waals surface area (Å²) in [5.74, 6) is -0.0293. The van der Waals surface area contributed by atoms with E-state index in [-0.39, 0.29) is 11.5 Å². The molecule has 4 rings (SSSR count). The van der Waals surface area contributed by atoms with Gasteiger partial charge in [-0.05, 0) is 49.2 Å². The van der Waals surface area contributed by atoms with E-state index < -0.39 is 6.03 Å². The van der Waals surface area contributed by atoms with Crippen LogP contribution in [0.2, 0.25) is 0 Å². The summed E-state index contributed by atoms with van der Waals surface area (Å²) in [6.07, 6.45) is 3.52. The fraction of sp³-hybridized carbons (Fsp3) is 0.304. The molecular weight excluding hydrogens is 410 g/mol. The second kappa shape index (κ2) is 9.61. The number of benzene rings is 2. The Bertz CT molecular complexity index is 1200. The van der Waals surface area contributed by atoms with Gasteiger partial charge in [-0.25, -0.2) is 9.78 Å². The van der Waals surface area contributed by atoms with E-state index in [4.69, 9.17) is 4.74 Å². The molecule has 3 aromatic rings. The second-order valence-electron chi connectivity index (χ2n) is 7.63. The van der Waals surface area contributed by atoms with Gasteiger partial charge in [0.2, 0.25) is 0 Å². The van der Waals surface area contributed by atoms with Crippen LogP contribution in [-0.2, 0) is 11.3 Å². The number of nitrogens with one attached hydrogen (secondary N) is 2. The number of ether oxygens (including phenoxy) is 1. The van der Waals surface area contributed by atoms with Crippen LogP contribution in [0, 0.1) is 0 Å². The number of urea groups is 1. The maximum Gasteiger partial charge on any atom is 0.323 e. The molecule has 1 saturated heterocycles. The molecule has 3 amide bonds. The molecule has 1 aromatic heterocycles. The van der Waals surface area contributed by atoms with Crippen LogP contribution in [0.4, 0.5) is 16.2 Å². The van der Waals surface area contributed by atoms with Gasteiger partial charge in [-0.3, -0.25) is 14.2 Å². The van der Waals surface area contributed by atoms with Gasteiger partial charge in [0.25, 0.3) is 11.5 Å². The Kier molecular flexibility index (Phi) is 6.46. The Morgan fingerprint density at radius 2 is 1.81 bits per heavy atom. The highest BCUT2D eigenvalue weighted by Crippen LogP contribution is 2.18. The SMILES string of the molecule is COCCn1cnc2ccc(NC(=O)Nc3cccc(C(=O)N4CCCC4)c3)cc2c1=O. The van der Waals surface area contributed by atoms with E-state index in [1.165, 1.54) is 10.9 Å². The fourth-order valence-electron chi connectivity index (χ4n) is 3.71. The van der Waals surface area contributed by atoms with E-state index in [0.29, 0.717) is 41.0 Å². The molecular formula is C23H25N5O4. The average Bonchev–Trinajstić information content (AvgIpc) is 3.33. The number of rotatable bonds is 6. The summed E-state index contributed by atoms with van der Waals surface area (Å²) >= 11 is 0. The third-order valence-corrected chi connectivity index (χ3v) is 5.38. The number of carbonyl (C=O) groups is 2. The Labute approximate surface area is 185 Å². The first kappa shape index (κ1) is 21.5. The molecule has 0 saturated carbocycles. The molecule has 0 radical (unpaired) electrons. The summed E-state index contributed by atoms with van der Waals surface area (Å²) in [6, 6.07) is 11.4. The molecule has 2 heterocycles. The summed E-state index contributed by atoms with van der Waals surface area (Å²) in [6.45, 7) is 2.32. The van der Waals surface area contributed by atoms with E-state index in [0.717, 1.165) is 25.9 Å². The second-order valence-corrected chi connectivity index (χ2v) is 7.63. The number of hydrogen-bond donors (Lipinski definition) is 2. The van der Waals surface area contributed by atoms with Gasteiger partial charge in [-0.2, -0.15) is 0 Å². The van der Waals surface area contributed by atoms with Gasteiger partial charge < -0.3 is 20.3 Å². The number of aromatic nitrogens is 2. The first-order chi connectivity index (χ1) is 15.5. The number of amides is 3. The molecule has 2 aromatic carbocycles. The smallest absolute Gasteiger partial charge is 0.323 e. The van der Waals surface area contributed by atoms with Crippen LogP contribution in [-0.4, -0.2) is 53.2 Å². The van der Waals surface area contributed by atoms with Crippen molar-refractivity contribution in [2.75, 3.05) is 37.4 Å². The maximum absolute atomic E-state index is 12.7. The minimum absolute atomic E-state index is 0.0293. The van der Waals surface area contributed by atoms with Crippen LogP contribution >= 0.6 is 0 Å². The topological polar surface area (TPSA) is 106 Å². The number of likely N-dealkylation sites (tertiary alicyclic amines) is 1. The average molecular weight is 435 g/mol. The molecule has 9 heteroatoms. The maximum atomic E-state index is 12.7. The minimum Gasteiger partial charge on any atom is -0.383 e. The molecule has 0 spiro atoms. The van der Waals surface area contributed by atoms with Crippen LogP contribution in [0.25, 0.3) is 10.9 Å². The lowest BCUT2D eigenvalue weighted by Crippen LogP contribution is -2.27. The van der Waals surface area contributed by atoms with E-state index >= 15 is 0 Å². The Balaban J connectivity index is 1.47. The first-order valence-electron chi connectivity index (χ1n) is 10.5. The van der Waals surface area contributed by atoms with Crippen molar-refractivity contribution in [1.82, 2.24) is 14.5 Å². The highest BCUT2D eigenvalue weighted by Gasteiger charge is 2.19. The van der Waals surface area contributed by atoms with E-state index in [9.17, 15) is 14.4 Å². The number of hydrogen-bond acceptors (Lipinski definition) is 5. The van der Waals surface area contributed by atoms with Gasteiger partial charge in [0.05, 0.1) is 30.4 Å². The van der Waals surface area contributed by atoms with Crippen molar-refractivity contribution in [3.63, 3.8) is 0 Å². The summed E-state index contributed by atoms with van der Waals surface area (Å²) in [5, 5.41) is 5.87. The molecule has 0 atom stereocenters. The standard InChI is InChI=1S/C23H25N5O4/c1-32-12-11-28-15-24-20-8-7-18(14-19(20)22(28)30)26-23(31)25-17-6-4-5-16(13-17)21(29)27-9-2-3-10-27/h4-8,13-15H,2-3,9-12H2,1H3,(H2,25,26,31). The number of fused-ring (bicyclic) bond motifs is 1. The molecule has 1 aliphatic heterocycles. The lowest BCUT2D eigenvalue weighted by Gasteiger charge is -2.16. The number of methoxy groups -OCH3 is 1. The number of anilines is 2. The molecule has 1 fully saturated rings. The third-order valence-electron chi connectivity index (χ3n) is 5.38. The molecule has 0 unspecified atom stereocenters. The summed E-state index contributed by atoms with van der Waals surface area (Å²) < 4.78 is 6.49. The predicted octanol–water partition coefficient (Wildman–Crippen LogP) is 2.92. The van der Waals surface area contributed by atoms with Crippen LogP contribution < -0.4 is 16.2 Å². The zero-order chi connectivity index (χ0) is 22.5. The zero-order valence-corrected chi connectivity index (χ0v) is 17.8. The fourth-order valence-corrected chi connectivity index (χ4v) is 3.71. The van der Waals surface area contributed by atoms with Crippen LogP contribution in [0.3, 0.4) is 0 Å². The van der Waals surface area contributed by atoms with Crippen molar-refractivity contribution >= 4 is 34.2 Å². The molecule has 1 aliphatic rings. The molecule has 2 N–H and O–H groups in total. The molecule has 0 bridgehead atoms. The Morgan fingerprint density at radius 1 is 1.06 bits per heavy atom. The van der Waals surface area contributed by atoms with Crippen molar-refractivity contribution in [3.8, 4) is 0 Å². The summed E-state index contributed by atoms with van der Waals surface area (Å²) in [5.41, 5.74) is 1.85. The summed E-state index contributed by atoms with van der Waals surface area (Å²) in [7, 11) is 1.57. The van der Waals surface area contributed by atoms with Crippen molar-refractivity contribution in [3.05, 3.63) is 64.7 Å². The Hall–Kier alpha value is -3.72. The van der Waals surface area contributed by atoms with Crippen molar-refractivity contribution in [1.29, 1.82) is 0 Å². The van der Waals surface area contributed by atoms with Crippen LogP contribution in [0.5, 0.6) is 0 Å². The van der Waals surface area contributed by atoms with E-state index in [1.54, 1.807) is 49.6 Å². The highest BCUT2D eigenvalue weighted by atomic mass is 16.5. The normalized spacial score (nSPS) is 13.3. The monoisotopic (exact) mass is 435 g/mol. The summed E-state index contributed by atoms with van der Waals surface area (Å²) in [4.78, 5) is 43.9. The Morgan fingerprint density at radius 3 is 2.56 bits per heavy atom. The molecule has 0 aliphatic carbocycles. The minimum atomic E-state index is -0.473. The van der Waals surface area contributed by atoms with Gasteiger partial charge in [-0.15, -0.1) is 0 Å². The van der Waals surface area contributed by atoms with Crippen LogP contribution in [0.15, 0.2) is 53.6 Å². The van der Waals surface area contributed by atoms with Crippen LogP contribution in [0.1, 0.15) is 23.2 Å². The predicted molar refractivity (Wildman–Crippen MR) is 122 cm³/mol. The molecule has 9 nitrogen and oxygen atoms in total. The van der Waals surface area contributed by atoms with Crippen molar-refractivity contribution in [2.45, 2.75) is 19.4 Å². The third kappa shape index (κ3) is 4.78. The quantitative estimate of drug-likeness (QED) is 0.619. The van der Waals surface area contributed by atoms with Gasteiger partial charge in [0.15, 0.2) is 0 Å². The lowest BCUT2D eigenvalue weighted by molar-refractivity contribution is 0.0793. The molecule has 166 valence electrons. The number of carbonyl (C=O) groups excluding carboxylic acids is 2.